The minimum atomic E-state index is -0.631. The summed E-state index contributed by atoms with van der Waals surface area (Å²) in [5.74, 6) is -1.24. The van der Waals surface area contributed by atoms with E-state index in [0.717, 1.165) is 38.3 Å². The zero-order valence-electron chi connectivity index (χ0n) is 19.4. The summed E-state index contributed by atoms with van der Waals surface area (Å²) in [6.45, 7) is 6.93. The first kappa shape index (κ1) is 24.1. The third-order valence-corrected chi connectivity index (χ3v) is 7.04. The highest BCUT2D eigenvalue weighted by molar-refractivity contribution is 7.10. The van der Waals surface area contributed by atoms with Crippen molar-refractivity contribution >= 4 is 23.2 Å². The first-order valence-corrected chi connectivity index (χ1v) is 12.5. The number of amides is 2. The number of carbonyl (C=O) groups excluding carboxylic acids is 2. The van der Waals surface area contributed by atoms with E-state index in [0.29, 0.717) is 0 Å². The molecule has 3 heterocycles. The van der Waals surface area contributed by atoms with Crippen molar-refractivity contribution in [3.63, 3.8) is 0 Å². The smallest absolute Gasteiger partial charge is 0.309 e. The molecule has 34 heavy (non-hydrogen) atoms. The van der Waals surface area contributed by atoms with Gasteiger partial charge in [0.1, 0.15) is 0 Å². The summed E-state index contributed by atoms with van der Waals surface area (Å²) in [6, 6.07) is 18.1. The molecule has 0 radical (unpaired) electrons. The van der Waals surface area contributed by atoms with E-state index >= 15 is 0 Å². The molecule has 0 saturated carbocycles. The van der Waals surface area contributed by atoms with Gasteiger partial charge < -0.3 is 10.6 Å². The van der Waals surface area contributed by atoms with Crippen LogP contribution in [-0.4, -0.2) is 58.8 Å². The van der Waals surface area contributed by atoms with Crippen LogP contribution in [0.3, 0.4) is 0 Å². The van der Waals surface area contributed by atoms with Gasteiger partial charge in [0.25, 0.3) is 0 Å². The molecule has 2 atom stereocenters. The molecule has 0 spiro atoms. The van der Waals surface area contributed by atoms with Crippen molar-refractivity contribution < 1.29 is 9.59 Å². The minimum absolute atomic E-state index is 0.0222. The normalized spacial score (nSPS) is 16.5. The molecule has 2 amide bonds. The fourth-order valence-electron chi connectivity index (χ4n) is 4.36. The Labute approximate surface area is 204 Å². The van der Waals surface area contributed by atoms with E-state index in [9.17, 15) is 9.59 Å². The number of pyridine rings is 1. The van der Waals surface area contributed by atoms with Crippen LogP contribution in [0.15, 0.2) is 72.4 Å². The maximum absolute atomic E-state index is 12.6. The molecule has 3 aromatic rings. The number of benzene rings is 1. The van der Waals surface area contributed by atoms with Crippen molar-refractivity contribution in [1.82, 2.24) is 25.4 Å². The number of piperazine rings is 1. The van der Waals surface area contributed by atoms with Gasteiger partial charge in [0, 0.05) is 62.6 Å². The Balaban J connectivity index is 1.34. The van der Waals surface area contributed by atoms with E-state index in [2.05, 4.69) is 61.1 Å². The van der Waals surface area contributed by atoms with Gasteiger partial charge in [-0.3, -0.25) is 24.4 Å². The molecule has 0 unspecified atom stereocenters. The van der Waals surface area contributed by atoms with Crippen LogP contribution in [-0.2, 0) is 22.7 Å². The van der Waals surface area contributed by atoms with Crippen LogP contribution in [0.1, 0.15) is 29.0 Å². The van der Waals surface area contributed by atoms with Gasteiger partial charge in [-0.05, 0) is 35.6 Å². The van der Waals surface area contributed by atoms with Gasteiger partial charge in [0.2, 0.25) is 0 Å². The maximum atomic E-state index is 12.6. The van der Waals surface area contributed by atoms with Crippen molar-refractivity contribution in [1.29, 1.82) is 0 Å². The average Bonchev–Trinajstić information content (AvgIpc) is 3.39. The predicted octanol–water partition coefficient (Wildman–Crippen LogP) is 2.82. The molecule has 1 aromatic carbocycles. The van der Waals surface area contributed by atoms with Crippen molar-refractivity contribution in [3.05, 3.63) is 88.4 Å². The predicted molar refractivity (Wildman–Crippen MR) is 134 cm³/mol. The van der Waals surface area contributed by atoms with Crippen molar-refractivity contribution in [3.8, 4) is 0 Å². The highest BCUT2D eigenvalue weighted by Gasteiger charge is 2.31. The number of thiophene rings is 1. The summed E-state index contributed by atoms with van der Waals surface area (Å²) >= 11 is 1.69. The van der Waals surface area contributed by atoms with Crippen molar-refractivity contribution in [2.24, 2.45) is 0 Å². The lowest BCUT2D eigenvalue weighted by Crippen LogP contribution is -2.53. The molecule has 4 rings (SSSR count). The number of hydrogen-bond acceptors (Lipinski definition) is 6. The van der Waals surface area contributed by atoms with Gasteiger partial charge in [-0.1, -0.05) is 42.5 Å². The van der Waals surface area contributed by atoms with Crippen LogP contribution < -0.4 is 10.6 Å². The summed E-state index contributed by atoms with van der Waals surface area (Å²) < 4.78 is 0. The Bertz CT molecular complexity index is 1040. The molecule has 8 heteroatoms. The molecule has 2 N–H and O–H groups in total. The van der Waals surface area contributed by atoms with Gasteiger partial charge in [-0.25, -0.2) is 0 Å². The summed E-state index contributed by atoms with van der Waals surface area (Å²) in [6.07, 6.45) is 3.34. The molecule has 1 fully saturated rings. The number of aromatic nitrogens is 1. The van der Waals surface area contributed by atoms with Crippen LogP contribution in [0.4, 0.5) is 0 Å². The second-order valence-corrected chi connectivity index (χ2v) is 9.54. The Morgan fingerprint density at radius 2 is 1.74 bits per heavy atom. The third-order valence-electron chi connectivity index (χ3n) is 6.10. The number of hydrogen-bond donors (Lipinski definition) is 2. The second kappa shape index (κ2) is 11.9. The zero-order chi connectivity index (χ0) is 23.8. The van der Waals surface area contributed by atoms with Crippen LogP contribution in [0.2, 0.25) is 0 Å². The van der Waals surface area contributed by atoms with Crippen LogP contribution in [0.25, 0.3) is 0 Å². The van der Waals surface area contributed by atoms with Gasteiger partial charge in [-0.15, -0.1) is 11.3 Å². The Kier molecular flexibility index (Phi) is 8.41. The number of nitrogens with one attached hydrogen (secondary N) is 2. The molecular formula is C26H31N5O2S. The average molecular weight is 478 g/mol. The monoisotopic (exact) mass is 477 g/mol. The number of rotatable bonds is 8. The summed E-state index contributed by atoms with van der Waals surface area (Å²) in [5.41, 5.74) is 2.17. The largest absolute Gasteiger partial charge is 0.344 e. The first-order valence-electron chi connectivity index (χ1n) is 11.6. The molecule has 7 nitrogen and oxygen atoms in total. The van der Waals surface area contributed by atoms with E-state index in [-0.39, 0.29) is 18.6 Å². The van der Waals surface area contributed by atoms with Crippen LogP contribution in [0.5, 0.6) is 0 Å². The quantitative estimate of drug-likeness (QED) is 0.488. The summed E-state index contributed by atoms with van der Waals surface area (Å²) in [5, 5.41) is 7.67. The molecule has 2 aromatic heterocycles. The van der Waals surface area contributed by atoms with E-state index < -0.39 is 11.8 Å². The maximum Gasteiger partial charge on any atom is 0.309 e. The number of carbonyl (C=O) groups is 2. The van der Waals surface area contributed by atoms with E-state index in [1.807, 2.05) is 25.1 Å². The standard InChI is InChI=1S/C26H31N5O2S/c1-20(29-26(33)25(32)28-18-22-9-5-11-27-17-22)24(23-10-6-16-34-23)31-14-12-30(13-15-31)19-21-7-3-2-4-8-21/h2-11,16-17,20,24H,12-15,18-19H2,1H3,(H,28,32)(H,29,33)/t20-,24+/m0/s1. The highest BCUT2D eigenvalue weighted by atomic mass is 32.1. The molecule has 1 aliphatic rings. The first-order chi connectivity index (χ1) is 16.6. The second-order valence-electron chi connectivity index (χ2n) is 8.56. The van der Waals surface area contributed by atoms with Crippen molar-refractivity contribution in [2.45, 2.75) is 32.1 Å². The lowest BCUT2D eigenvalue weighted by Gasteiger charge is -2.41. The van der Waals surface area contributed by atoms with E-state index in [4.69, 9.17) is 0 Å². The van der Waals surface area contributed by atoms with Gasteiger partial charge in [0.15, 0.2) is 0 Å². The van der Waals surface area contributed by atoms with Gasteiger partial charge >= 0.3 is 11.8 Å². The van der Waals surface area contributed by atoms with E-state index in [1.54, 1.807) is 29.8 Å². The van der Waals surface area contributed by atoms with Gasteiger partial charge in [0.05, 0.1) is 6.04 Å². The molecule has 1 saturated heterocycles. The highest BCUT2D eigenvalue weighted by Crippen LogP contribution is 2.29. The summed E-state index contributed by atoms with van der Waals surface area (Å²) in [7, 11) is 0. The SMILES string of the molecule is C[C@H](NC(=O)C(=O)NCc1cccnc1)[C@H](c1cccs1)N1CCN(Cc2ccccc2)CC1. The molecular weight excluding hydrogens is 446 g/mol. The topological polar surface area (TPSA) is 77.6 Å². The number of nitrogens with zero attached hydrogens (tertiary/aromatic N) is 3. The fraction of sp³-hybridized carbons (Fsp3) is 0.346. The van der Waals surface area contributed by atoms with E-state index in [1.165, 1.54) is 10.4 Å². The Morgan fingerprint density at radius 1 is 0.971 bits per heavy atom. The molecule has 0 bridgehead atoms. The van der Waals surface area contributed by atoms with Crippen LogP contribution in [0, 0.1) is 0 Å². The van der Waals surface area contributed by atoms with Crippen LogP contribution >= 0.6 is 11.3 Å². The minimum Gasteiger partial charge on any atom is -0.344 e. The zero-order valence-corrected chi connectivity index (χ0v) is 20.2. The lowest BCUT2D eigenvalue weighted by molar-refractivity contribution is -0.140. The fourth-order valence-corrected chi connectivity index (χ4v) is 5.32. The molecule has 1 aliphatic heterocycles. The Morgan fingerprint density at radius 3 is 2.41 bits per heavy atom. The lowest BCUT2D eigenvalue weighted by atomic mass is 10.0. The van der Waals surface area contributed by atoms with Crippen molar-refractivity contribution in [2.75, 3.05) is 26.2 Å². The van der Waals surface area contributed by atoms with Gasteiger partial charge in [-0.2, -0.15) is 0 Å². The summed E-state index contributed by atoms with van der Waals surface area (Å²) in [4.78, 5) is 35.1. The molecule has 178 valence electrons. The third kappa shape index (κ3) is 6.50. The Hall–Kier alpha value is -3.07. The molecule has 0 aliphatic carbocycles.